The van der Waals surface area contributed by atoms with Crippen LogP contribution in [0.1, 0.15) is 30.9 Å². The van der Waals surface area contributed by atoms with Crippen molar-refractivity contribution in [2.75, 3.05) is 5.32 Å². The number of fused-ring (bicyclic) bond motifs is 1. The monoisotopic (exact) mass is 453 g/mol. The third-order valence-corrected chi connectivity index (χ3v) is 6.55. The van der Waals surface area contributed by atoms with Crippen molar-refractivity contribution in [1.82, 2.24) is 20.0 Å². The number of hydrogen-bond donors (Lipinski definition) is 1. The Morgan fingerprint density at radius 2 is 1.70 bits per heavy atom. The summed E-state index contributed by atoms with van der Waals surface area (Å²) < 4.78 is 1.93. The van der Waals surface area contributed by atoms with Gasteiger partial charge < -0.3 is 5.32 Å². The van der Waals surface area contributed by atoms with E-state index in [4.69, 9.17) is 0 Å². The third kappa shape index (κ3) is 4.03. The number of aromatic nitrogens is 4. The van der Waals surface area contributed by atoms with Crippen molar-refractivity contribution in [3.63, 3.8) is 0 Å². The maximum atomic E-state index is 13.4. The van der Waals surface area contributed by atoms with E-state index in [9.17, 15) is 4.79 Å². The summed E-state index contributed by atoms with van der Waals surface area (Å²) in [7, 11) is 0. The van der Waals surface area contributed by atoms with Gasteiger partial charge in [-0.1, -0.05) is 79.8 Å². The first-order valence-corrected chi connectivity index (χ1v) is 11.6. The topological polar surface area (TPSA) is 72.7 Å². The molecule has 0 spiro atoms. The second-order valence-electron chi connectivity index (χ2n) is 8.47. The van der Waals surface area contributed by atoms with Gasteiger partial charge in [0.05, 0.1) is 22.8 Å². The van der Waals surface area contributed by atoms with Crippen LogP contribution in [-0.2, 0) is 4.79 Å². The van der Waals surface area contributed by atoms with Crippen molar-refractivity contribution in [3.05, 3.63) is 102 Å². The molecule has 0 fully saturated rings. The van der Waals surface area contributed by atoms with Crippen LogP contribution in [0.25, 0.3) is 16.6 Å². The molecule has 0 saturated carbocycles. The van der Waals surface area contributed by atoms with Gasteiger partial charge in [-0.25, -0.2) is 4.68 Å². The summed E-state index contributed by atoms with van der Waals surface area (Å²) in [5.74, 6) is -0.274. The molecule has 6 nitrogen and oxygen atoms in total. The summed E-state index contributed by atoms with van der Waals surface area (Å²) in [4.78, 5) is 13.4. The zero-order valence-corrected chi connectivity index (χ0v) is 19.2. The number of anilines is 1. The first kappa shape index (κ1) is 21.0. The molecule has 0 aliphatic heterocycles. The average molecular weight is 454 g/mol. The Morgan fingerprint density at radius 1 is 0.970 bits per heavy atom. The van der Waals surface area contributed by atoms with Crippen molar-refractivity contribution in [3.8, 4) is 5.69 Å². The quantitative estimate of drug-likeness (QED) is 0.359. The third-order valence-electron chi connectivity index (χ3n) is 5.95. The van der Waals surface area contributed by atoms with Crippen LogP contribution in [-0.4, -0.2) is 25.9 Å². The van der Waals surface area contributed by atoms with E-state index >= 15 is 0 Å². The first-order chi connectivity index (χ1) is 16.0. The minimum absolute atomic E-state index is 0.104. The van der Waals surface area contributed by atoms with Crippen LogP contribution >= 0.6 is 11.3 Å². The fourth-order valence-electron chi connectivity index (χ4n) is 4.29. The van der Waals surface area contributed by atoms with Crippen LogP contribution in [0.2, 0.25) is 0 Å². The van der Waals surface area contributed by atoms with Gasteiger partial charge in [-0.05, 0) is 35.4 Å². The zero-order valence-electron chi connectivity index (χ0n) is 18.3. The van der Waals surface area contributed by atoms with Gasteiger partial charge in [0.15, 0.2) is 0 Å². The molecule has 5 aromatic rings. The van der Waals surface area contributed by atoms with Gasteiger partial charge in [-0.2, -0.15) is 5.10 Å². The molecular formula is C26H23N5OS. The number of hydrogen-bond acceptors (Lipinski definition) is 5. The Morgan fingerprint density at radius 3 is 2.39 bits per heavy atom. The molecule has 0 aliphatic carbocycles. The maximum Gasteiger partial charge on any atom is 0.232 e. The van der Waals surface area contributed by atoms with Crippen LogP contribution in [0.5, 0.6) is 0 Å². The molecule has 33 heavy (non-hydrogen) atoms. The number of carbonyl (C=O) groups is 1. The highest BCUT2D eigenvalue weighted by Gasteiger charge is 2.39. The van der Waals surface area contributed by atoms with Crippen molar-refractivity contribution < 1.29 is 4.79 Å². The smallest absolute Gasteiger partial charge is 0.232 e. The highest BCUT2D eigenvalue weighted by atomic mass is 32.1. The number of amides is 1. The molecular weight excluding hydrogens is 430 g/mol. The Labute approximate surface area is 195 Å². The lowest BCUT2D eigenvalue weighted by Gasteiger charge is -2.33. The minimum Gasteiger partial charge on any atom is -0.300 e. The molecule has 5 rings (SSSR count). The average Bonchev–Trinajstić information content (AvgIpc) is 3.50. The fourth-order valence-corrected chi connectivity index (χ4v) is 4.73. The largest absolute Gasteiger partial charge is 0.300 e. The molecule has 0 aliphatic rings. The van der Waals surface area contributed by atoms with Crippen LogP contribution in [0, 0.1) is 5.41 Å². The van der Waals surface area contributed by atoms with Crippen LogP contribution in [0.4, 0.5) is 5.13 Å². The number of nitrogens with one attached hydrogen (secondary N) is 1. The van der Waals surface area contributed by atoms with Gasteiger partial charge in [0.2, 0.25) is 11.0 Å². The second kappa shape index (κ2) is 8.60. The van der Waals surface area contributed by atoms with Crippen molar-refractivity contribution >= 4 is 33.3 Å². The molecule has 3 aromatic carbocycles. The van der Waals surface area contributed by atoms with E-state index in [0.29, 0.717) is 5.13 Å². The highest BCUT2D eigenvalue weighted by molar-refractivity contribution is 7.13. The van der Waals surface area contributed by atoms with Crippen LogP contribution in [0.15, 0.2) is 90.6 Å². The van der Waals surface area contributed by atoms with Gasteiger partial charge >= 0.3 is 0 Å². The standard InChI is InChI=1S/C26H23N5OS/c1-26(2,24(32)29-25-30-27-17-33-25)23(18-9-5-3-6-10-18)19-13-14-22-20(15-19)16-28-31(22)21-11-7-4-8-12-21/h3-17,23H,1-2H3,(H,29,30,32). The van der Waals surface area contributed by atoms with Gasteiger partial charge in [0.1, 0.15) is 5.51 Å². The molecule has 2 heterocycles. The zero-order chi connectivity index (χ0) is 22.8. The molecule has 1 amide bonds. The Balaban J connectivity index is 1.58. The Bertz CT molecular complexity index is 1380. The van der Waals surface area contributed by atoms with Crippen LogP contribution < -0.4 is 5.32 Å². The summed E-state index contributed by atoms with van der Waals surface area (Å²) in [6.07, 6.45) is 1.88. The van der Waals surface area contributed by atoms with Crippen molar-refractivity contribution in [1.29, 1.82) is 0 Å². The molecule has 164 valence electrons. The molecule has 7 heteroatoms. The van der Waals surface area contributed by atoms with E-state index in [1.165, 1.54) is 11.3 Å². The summed E-state index contributed by atoms with van der Waals surface area (Å²) in [5, 5.41) is 16.9. The number of carbonyl (C=O) groups excluding carboxylic acids is 1. The molecule has 0 bridgehead atoms. The number of para-hydroxylation sites is 1. The normalized spacial score (nSPS) is 12.5. The molecule has 2 aromatic heterocycles. The number of rotatable bonds is 6. The maximum absolute atomic E-state index is 13.4. The van der Waals surface area contributed by atoms with E-state index in [-0.39, 0.29) is 11.8 Å². The van der Waals surface area contributed by atoms with Crippen molar-refractivity contribution in [2.24, 2.45) is 5.41 Å². The van der Waals surface area contributed by atoms with E-state index in [1.807, 2.05) is 73.3 Å². The predicted octanol–water partition coefficient (Wildman–Crippen LogP) is 5.67. The molecule has 1 atom stereocenters. The van der Waals surface area contributed by atoms with E-state index in [2.05, 4.69) is 50.9 Å². The van der Waals surface area contributed by atoms with E-state index in [1.54, 1.807) is 5.51 Å². The Kier molecular flexibility index (Phi) is 5.48. The van der Waals surface area contributed by atoms with Gasteiger partial charge in [0.25, 0.3) is 0 Å². The summed E-state index contributed by atoms with van der Waals surface area (Å²) in [6, 6.07) is 26.5. The predicted molar refractivity (Wildman–Crippen MR) is 132 cm³/mol. The summed E-state index contributed by atoms with van der Waals surface area (Å²) in [5.41, 5.74) is 5.01. The fraction of sp³-hybridized carbons (Fsp3) is 0.154. The number of benzene rings is 3. The Hall–Kier alpha value is -3.84. The van der Waals surface area contributed by atoms with Gasteiger partial charge in [-0.3, -0.25) is 4.79 Å². The minimum atomic E-state index is -0.754. The lowest BCUT2D eigenvalue weighted by atomic mass is 9.70. The lowest BCUT2D eigenvalue weighted by molar-refractivity contribution is -0.124. The number of nitrogens with zero attached hydrogens (tertiary/aromatic N) is 4. The van der Waals surface area contributed by atoms with Crippen LogP contribution in [0.3, 0.4) is 0 Å². The van der Waals surface area contributed by atoms with Gasteiger partial charge in [-0.15, -0.1) is 10.2 Å². The molecule has 1 N–H and O–H groups in total. The molecule has 0 saturated heterocycles. The lowest BCUT2D eigenvalue weighted by Crippen LogP contribution is -2.37. The summed E-state index contributed by atoms with van der Waals surface area (Å²) >= 11 is 1.31. The van der Waals surface area contributed by atoms with Gasteiger partial charge in [0, 0.05) is 11.3 Å². The SMILES string of the molecule is CC(C)(C(=O)Nc1nncs1)C(c1ccccc1)c1ccc2c(cnn2-c2ccccc2)c1. The van der Waals surface area contributed by atoms with E-state index < -0.39 is 5.41 Å². The molecule has 0 radical (unpaired) electrons. The molecule has 1 unspecified atom stereocenters. The van der Waals surface area contributed by atoms with E-state index in [0.717, 1.165) is 27.7 Å². The first-order valence-electron chi connectivity index (χ1n) is 10.7. The second-order valence-corrected chi connectivity index (χ2v) is 9.31. The highest BCUT2D eigenvalue weighted by Crippen LogP contribution is 2.42. The van der Waals surface area contributed by atoms with Crippen molar-refractivity contribution in [2.45, 2.75) is 19.8 Å². The summed E-state index contributed by atoms with van der Waals surface area (Å²) in [6.45, 7) is 3.94.